The van der Waals surface area contributed by atoms with Crippen LogP contribution < -0.4 is 5.73 Å². The molecule has 3 atom stereocenters. The molecule has 0 radical (unpaired) electrons. The summed E-state index contributed by atoms with van der Waals surface area (Å²) in [6.45, 7) is 2.54. The van der Waals surface area contributed by atoms with Crippen molar-refractivity contribution in [1.29, 1.82) is 0 Å². The van der Waals surface area contributed by atoms with Crippen LogP contribution in [0.2, 0.25) is 0 Å². The predicted molar refractivity (Wildman–Crippen MR) is 66.5 cm³/mol. The average molecular weight is 273 g/mol. The van der Waals surface area contributed by atoms with Gasteiger partial charge in [0.15, 0.2) is 0 Å². The van der Waals surface area contributed by atoms with Gasteiger partial charge in [-0.05, 0) is 24.5 Å². The van der Waals surface area contributed by atoms with Gasteiger partial charge in [0.1, 0.15) is 0 Å². The Hall–Kier alpha value is -1.07. The molecule has 2 rings (SSSR count). The molecule has 1 saturated heterocycles. The van der Waals surface area contributed by atoms with E-state index >= 15 is 0 Å². The van der Waals surface area contributed by atoms with Crippen LogP contribution in [-0.4, -0.2) is 12.7 Å². The third kappa shape index (κ3) is 2.92. The van der Waals surface area contributed by atoms with Gasteiger partial charge in [-0.3, -0.25) is 0 Å². The van der Waals surface area contributed by atoms with Crippen molar-refractivity contribution < 1.29 is 17.9 Å². The van der Waals surface area contributed by atoms with E-state index in [9.17, 15) is 13.2 Å². The fraction of sp³-hybridized carbons (Fsp3) is 0.571. The highest BCUT2D eigenvalue weighted by Gasteiger charge is 2.38. The number of rotatable bonds is 3. The van der Waals surface area contributed by atoms with Crippen molar-refractivity contribution in [3.8, 4) is 0 Å². The Bertz CT molecular complexity index is 433. The zero-order valence-corrected chi connectivity index (χ0v) is 10.8. The van der Waals surface area contributed by atoms with Crippen LogP contribution in [-0.2, 0) is 10.9 Å². The summed E-state index contributed by atoms with van der Waals surface area (Å²) >= 11 is 0. The molecular weight excluding hydrogens is 255 g/mol. The van der Waals surface area contributed by atoms with Crippen molar-refractivity contribution in [2.75, 3.05) is 6.61 Å². The lowest BCUT2D eigenvalue weighted by atomic mass is 9.85. The number of ether oxygens (including phenoxy) is 1. The maximum absolute atomic E-state index is 13.0. The van der Waals surface area contributed by atoms with Gasteiger partial charge in [-0.15, -0.1) is 0 Å². The van der Waals surface area contributed by atoms with E-state index in [2.05, 4.69) is 0 Å². The molecule has 1 aromatic carbocycles. The highest BCUT2D eigenvalue weighted by Crippen LogP contribution is 2.39. The molecule has 1 aliphatic rings. The molecule has 5 heteroatoms. The number of alkyl halides is 3. The first-order chi connectivity index (χ1) is 8.95. The largest absolute Gasteiger partial charge is 0.416 e. The van der Waals surface area contributed by atoms with Crippen molar-refractivity contribution in [2.24, 2.45) is 11.7 Å². The molecule has 1 aromatic rings. The molecule has 1 aliphatic heterocycles. The third-order valence-corrected chi connectivity index (χ3v) is 3.75. The zero-order valence-electron chi connectivity index (χ0n) is 10.8. The van der Waals surface area contributed by atoms with E-state index in [0.29, 0.717) is 13.0 Å². The molecule has 1 fully saturated rings. The van der Waals surface area contributed by atoms with Gasteiger partial charge in [-0.2, -0.15) is 13.2 Å². The number of benzene rings is 1. The topological polar surface area (TPSA) is 35.2 Å². The summed E-state index contributed by atoms with van der Waals surface area (Å²) in [5, 5.41) is 0. The Morgan fingerprint density at radius 1 is 1.37 bits per heavy atom. The van der Waals surface area contributed by atoms with Gasteiger partial charge in [-0.25, -0.2) is 0 Å². The maximum Gasteiger partial charge on any atom is 0.416 e. The minimum absolute atomic E-state index is 0.0451. The Balaban J connectivity index is 2.31. The molecule has 2 nitrogen and oxygen atoms in total. The monoisotopic (exact) mass is 273 g/mol. The minimum Gasteiger partial charge on any atom is -0.378 e. The van der Waals surface area contributed by atoms with E-state index in [1.54, 1.807) is 6.07 Å². The lowest BCUT2D eigenvalue weighted by molar-refractivity contribution is -0.138. The molecule has 0 bridgehead atoms. The molecule has 106 valence electrons. The lowest BCUT2D eigenvalue weighted by Gasteiger charge is -2.26. The van der Waals surface area contributed by atoms with Crippen LogP contribution in [0.4, 0.5) is 13.2 Å². The highest BCUT2D eigenvalue weighted by molar-refractivity contribution is 5.33. The molecule has 2 N–H and O–H groups in total. The Morgan fingerprint density at radius 3 is 2.68 bits per heavy atom. The summed E-state index contributed by atoms with van der Waals surface area (Å²) in [4.78, 5) is 0. The van der Waals surface area contributed by atoms with Crippen LogP contribution in [0.3, 0.4) is 0 Å². The predicted octanol–water partition coefficient (Wildman–Crippen LogP) is 3.52. The highest BCUT2D eigenvalue weighted by atomic mass is 19.4. The number of hydrogen-bond acceptors (Lipinski definition) is 2. The van der Waals surface area contributed by atoms with Gasteiger partial charge < -0.3 is 10.5 Å². The summed E-state index contributed by atoms with van der Waals surface area (Å²) in [6.07, 6.45) is -2.93. The van der Waals surface area contributed by atoms with E-state index in [1.165, 1.54) is 12.1 Å². The van der Waals surface area contributed by atoms with Crippen LogP contribution in [0.25, 0.3) is 0 Å². The van der Waals surface area contributed by atoms with Crippen LogP contribution in [0, 0.1) is 5.92 Å². The van der Waals surface area contributed by atoms with Crippen LogP contribution in [0.5, 0.6) is 0 Å². The van der Waals surface area contributed by atoms with Gasteiger partial charge in [0.05, 0.1) is 11.7 Å². The molecule has 1 heterocycles. The minimum atomic E-state index is -4.37. The van der Waals surface area contributed by atoms with Crippen LogP contribution >= 0.6 is 0 Å². The second kappa shape index (κ2) is 5.51. The van der Waals surface area contributed by atoms with Crippen LogP contribution in [0.1, 0.15) is 36.9 Å². The van der Waals surface area contributed by atoms with E-state index in [1.807, 2.05) is 6.92 Å². The Kier molecular flexibility index (Phi) is 4.16. The second-order valence-electron chi connectivity index (χ2n) is 4.88. The second-order valence-corrected chi connectivity index (χ2v) is 4.88. The fourth-order valence-electron chi connectivity index (χ4n) is 2.77. The van der Waals surface area contributed by atoms with Gasteiger partial charge in [0, 0.05) is 18.6 Å². The maximum atomic E-state index is 13.0. The Morgan fingerprint density at radius 2 is 2.05 bits per heavy atom. The molecule has 0 spiro atoms. The van der Waals surface area contributed by atoms with E-state index in [4.69, 9.17) is 10.5 Å². The van der Waals surface area contributed by atoms with E-state index < -0.39 is 17.8 Å². The molecule has 19 heavy (non-hydrogen) atoms. The van der Waals surface area contributed by atoms with Gasteiger partial charge >= 0.3 is 6.18 Å². The van der Waals surface area contributed by atoms with Crippen molar-refractivity contribution >= 4 is 0 Å². The van der Waals surface area contributed by atoms with Crippen molar-refractivity contribution in [2.45, 2.75) is 38.1 Å². The summed E-state index contributed by atoms with van der Waals surface area (Å²) in [5.74, 6) is -0.0477. The van der Waals surface area contributed by atoms with Gasteiger partial charge in [0.25, 0.3) is 0 Å². The first kappa shape index (κ1) is 14.3. The summed E-state index contributed by atoms with van der Waals surface area (Å²) in [7, 11) is 0. The fourth-order valence-corrected chi connectivity index (χ4v) is 2.77. The van der Waals surface area contributed by atoms with Crippen molar-refractivity contribution in [1.82, 2.24) is 0 Å². The van der Waals surface area contributed by atoms with Crippen molar-refractivity contribution in [3.05, 3.63) is 35.4 Å². The normalized spacial score (nSPS) is 25.5. The first-order valence-corrected chi connectivity index (χ1v) is 6.48. The third-order valence-electron chi connectivity index (χ3n) is 3.75. The average Bonchev–Trinajstić information content (AvgIpc) is 2.85. The van der Waals surface area contributed by atoms with E-state index in [0.717, 1.165) is 12.5 Å². The molecule has 0 aliphatic carbocycles. The quantitative estimate of drug-likeness (QED) is 0.914. The molecule has 3 unspecified atom stereocenters. The summed E-state index contributed by atoms with van der Waals surface area (Å²) in [6, 6.07) is 4.91. The van der Waals surface area contributed by atoms with Crippen molar-refractivity contribution in [3.63, 3.8) is 0 Å². The summed E-state index contributed by atoms with van der Waals surface area (Å²) in [5.41, 5.74) is 5.62. The smallest absolute Gasteiger partial charge is 0.378 e. The standard InChI is InChI=1S/C14H18F3NO/c1-2-12-10(7-8-19-12)13(18)9-5-3-4-6-11(9)14(15,16)17/h3-6,10,12-13H,2,7-8,18H2,1H3. The number of nitrogens with two attached hydrogens (primary N) is 1. The lowest BCUT2D eigenvalue weighted by Crippen LogP contribution is -2.29. The first-order valence-electron chi connectivity index (χ1n) is 6.48. The van der Waals surface area contributed by atoms with Gasteiger partial charge in [-0.1, -0.05) is 25.1 Å². The molecular formula is C14H18F3NO. The Labute approximate surface area is 110 Å². The molecule has 0 amide bonds. The number of hydrogen-bond donors (Lipinski definition) is 1. The van der Waals surface area contributed by atoms with E-state index in [-0.39, 0.29) is 17.6 Å². The molecule has 0 aromatic heterocycles. The number of halogens is 3. The SMILES string of the molecule is CCC1OCCC1C(N)c1ccccc1C(F)(F)F. The van der Waals surface area contributed by atoms with Gasteiger partial charge in [0.2, 0.25) is 0 Å². The van der Waals surface area contributed by atoms with Crippen LogP contribution in [0.15, 0.2) is 24.3 Å². The zero-order chi connectivity index (χ0) is 14.0. The summed E-state index contributed by atoms with van der Waals surface area (Å²) < 4.78 is 44.5. The molecule has 0 saturated carbocycles.